The van der Waals surface area contributed by atoms with Gasteiger partial charge in [-0.15, -0.1) is 11.3 Å². The van der Waals surface area contributed by atoms with Gasteiger partial charge in [0.15, 0.2) is 11.5 Å². The molecule has 1 N–H and O–H groups in total. The number of ether oxygens (including phenoxy) is 3. The SMILES string of the molecule is COc1cc2sc(C(=O)Nc3c(C)cccc3OC)c(Cl)c2cc1OC. The normalized spacial score (nSPS) is 10.7. The van der Waals surface area contributed by atoms with Crippen molar-refractivity contribution < 1.29 is 19.0 Å². The standard InChI is InChI=1S/C19H18ClNO4S/c1-10-6-5-7-12(23-2)17(10)21-19(22)18-16(20)11-8-13(24-3)14(25-4)9-15(11)26-18/h5-9H,1-4H3,(H,21,22). The first kappa shape index (κ1) is 18.4. The number of hydrogen-bond acceptors (Lipinski definition) is 5. The van der Waals surface area contributed by atoms with Crippen LogP contribution in [0, 0.1) is 6.92 Å². The van der Waals surface area contributed by atoms with Gasteiger partial charge in [-0.2, -0.15) is 0 Å². The van der Waals surface area contributed by atoms with Crippen molar-refractivity contribution in [2.75, 3.05) is 26.6 Å². The van der Waals surface area contributed by atoms with Crippen molar-refractivity contribution in [2.45, 2.75) is 6.92 Å². The number of aryl methyl sites for hydroxylation is 1. The fourth-order valence-corrected chi connectivity index (χ4v) is 4.09. The van der Waals surface area contributed by atoms with Gasteiger partial charge in [-0.05, 0) is 24.6 Å². The molecule has 0 saturated carbocycles. The summed E-state index contributed by atoms with van der Waals surface area (Å²) in [4.78, 5) is 13.2. The van der Waals surface area contributed by atoms with Crippen molar-refractivity contribution in [3.8, 4) is 17.2 Å². The number of benzene rings is 2. The summed E-state index contributed by atoms with van der Waals surface area (Å²) in [5.41, 5.74) is 1.53. The van der Waals surface area contributed by atoms with Crippen LogP contribution in [-0.4, -0.2) is 27.2 Å². The van der Waals surface area contributed by atoms with Gasteiger partial charge in [0.2, 0.25) is 0 Å². The van der Waals surface area contributed by atoms with Crippen molar-refractivity contribution in [1.29, 1.82) is 0 Å². The Morgan fingerprint density at radius 1 is 1.04 bits per heavy atom. The van der Waals surface area contributed by atoms with Gasteiger partial charge >= 0.3 is 0 Å². The van der Waals surface area contributed by atoms with Crippen LogP contribution in [0.15, 0.2) is 30.3 Å². The molecule has 5 nitrogen and oxygen atoms in total. The van der Waals surface area contributed by atoms with E-state index in [4.69, 9.17) is 25.8 Å². The highest BCUT2D eigenvalue weighted by atomic mass is 35.5. The Kier molecular flexibility index (Phi) is 5.25. The molecule has 1 aromatic heterocycles. The van der Waals surface area contributed by atoms with Gasteiger partial charge in [-0.25, -0.2) is 0 Å². The monoisotopic (exact) mass is 391 g/mol. The minimum Gasteiger partial charge on any atom is -0.495 e. The number of hydrogen-bond donors (Lipinski definition) is 1. The molecule has 7 heteroatoms. The molecule has 26 heavy (non-hydrogen) atoms. The molecule has 0 fully saturated rings. The second-order valence-electron chi connectivity index (χ2n) is 5.55. The van der Waals surface area contributed by atoms with Gasteiger partial charge in [-0.3, -0.25) is 4.79 Å². The van der Waals surface area contributed by atoms with Crippen LogP contribution in [-0.2, 0) is 0 Å². The Hall–Kier alpha value is -2.44. The summed E-state index contributed by atoms with van der Waals surface area (Å²) in [6, 6.07) is 9.16. The van der Waals surface area contributed by atoms with Gasteiger partial charge in [0.25, 0.3) is 5.91 Å². The van der Waals surface area contributed by atoms with Gasteiger partial charge in [0.05, 0.1) is 32.0 Å². The molecule has 2 aromatic carbocycles. The number of para-hydroxylation sites is 1. The molecule has 0 aliphatic rings. The average molecular weight is 392 g/mol. The third kappa shape index (κ3) is 3.18. The summed E-state index contributed by atoms with van der Waals surface area (Å²) in [5, 5.41) is 4.04. The predicted molar refractivity (Wildman–Crippen MR) is 106 cm³/mol. The van der Waals surface area contributed by atoms with Crippen molar-refractivity contribution in [3.63, 3.8) is 0 Å². The maximum atomic E-state index is 12.8. The van der Waals surface area contributed by atoms with Crippen LogP contribution in [0.1, 0.15) is 15.2 Å². The van der Waals surface area contributed by atoms with Gasteiger partial charge < -0.3 is 19.5 Å². The van der Waals surface area contributed by atoms with E-state index in [9.17, 15) is 4.79 Å². The Bertz CT molecular complexity index is 983. The van der Waals surface area contributed by atoms with E-state index in [0.717, 1.165) is 15.6 Å². The molecular formula is C19H18ClNO4S. The van der Waals surface area contributed by atoms with Crippen molar-refractivity contribution in [2.24, 2.45) is 0 Å². The van der Waals surface area contributed by atoms with E-state index >= 15 is 0 Å². The van der Waals surface area contributed by atoms with Crippen molar-refractivity contribution in [3.05, 3.63) is 45.8 Å². The minimum absolute atomic E-state index is 0.290. The van der Waals surface area contributed by atoms with Crippen LogP contribution in [0.25, 0.3) is 10.1 Å². The van der Waals surface area contributed by atoms with Crippen LogP contribution < -0.4 is 19.5 Å². The Labute approximate surface area is 160 Å². The molecule has 3 rings (SSSR count). The molecule has 3 aromatic rings. The van der Waals surface area contributed by atoms with Crippen LogP contribution in [0.2, 0.25) is 5.02 Å². The van der Waals surface area contributed by atoms with E-state index in [1.54, 1.807) is 33.5 Å². The second kappa shape index (κ2) is 7.43. The van der Waals surface area contributed by atoms with E-state index in [1.165, 1.54) is 11.3 Å². The number of methoxy groups -OCH3 is 3. The number of nitrogens with one attached hydrogen (secondary N) is 1. The molecule has 0 spiro atoms. The number of anilines is 1. The number of thiophene rings is 1. The summed E-state index contributed by atoms with van der Waals surface area (Å²) in [7, 11) is 4.69. The summed E-state index contributed by atoms with van der Waals surface area (Å²) in [5.74, 6) is 1.46. The molecule has 0 unspecified atom stereocenters. The highest BCUT2D eigenvalue weighted by Crippen LogP contribution is 2.42. The first-order valence-corrected chi connectivity index (χ1v) is 8.98. The lowest BCUT2D eigenvalue weighted by Gasteiger charge is -2.12. The molecule has 136 valence electrons. The van der Waals surface area contributed by atoms with Crippen LogP contribution in [0.3, 0.4) is 0 Å². The number of fused-ring (bicyclic) bond motifs is 1. The molecule has 0 aliphatic heterocycles. The van der Waals surface area contributed by atoms with Crippen LogP contribution in [0.5, 0.6) is 17.2 Å². The smallest absolute Gasteiger partial charge is 0.267 e. The second-order valence-corrected chi connectivity index (χ2v) is 6.98. The van der Waals surface area contributed by atoms with E-state index in [-0.39, 0.29) is 5.91 Å². The highest BCUT2D eigenvalue weighted by molar-refractivity contribution is 7.21. The summed E-state index contributed by atoms with van der Waals surface area (Å²) >= 11 is 7.78. The van der Waals surface area contributed by atoms with Gasteiger partial charge in [0.1, 0.15) is 10.6 Å². The summed E-state index contributed by atoms with van der Waals surface area (Å²) < 4.78 is 16.8. The average Bonchev–Trinajstić information content (AvgIpc) is 2.98. The fraction of sp³-hybridized carbons (Fsp3) is 0.211. The number of rotatable bonds is 5. The number of amides is 1. The molecular weight excluding hydrogens is 374 g/mol. The molecule has 1 amide bonds. The minimum atomic E-state index is -0.290. The predicted octanol–water partition coefficient (Wildman–Crippen LogP) is 5.14. The lowest BCUT2D eigenvalue weighted by Crippen LogP contribution is -2.12. The molecule has 0 aliphatic carbocycles. The summed E-state index contributed by atoms with van der Waals surface area (Å²) in [6.45, 7) is 1.90. The molecule has 0 bridgehead atoms. The molecule has 1 heterocycles. The molecule has 0 atom stereocenters. The van der Waals surface area contributed by atoms with Gasteiger partial charge in [0, 0.05) is 16.2 Å². The van der Waals surface area contributed by atoms with E-state index in [0.29, 0.717) is 32.8 Å². The lowest BCUT2D eigenvalue weighted by molar-refractivity contribution is 0.103. The number of halogens is 1. The fourth-order valence-electron chi connectivity index (χ4n) is 2.68. The van der Waals surface area contributed by atoms with E-state index < -0.39 is 0 Å². The first-order chi connectivity index (χ1) is 12.5. The zero-order chi connectivity index (χ0) is 18.8. The Morgan fingerprint density at radius 3 is 2.35 bits per heavy atom. The van der Waals surface area contributed by atoms with Crippen molar-refractivity contribution >= 4 is 44.6 Å². The zero-order valence-electron chi connectivity index (χ0n) is 14.8. The molecule has 0 saturated heterocycles. The van der Waals surface area contributed by atoms with Crippen LogP contribution >= 0.6 is 22.9 Å². The number of carbonyl (C=O) groups excluding carboxylic acids is 1. The Balaban J connectivity index is 2.03. The largest absolute Gasteiger partial charge is 0.495 e. The van der Waals surface area contributed by atoms with Crippen molar-refractivity contribution in [1.82, 2.24) is 0 Å². The quantitative estimate of drug-likeness (QED) is 0.654. The third-order valence-electron chi connectivity index (χ3n) is 4.03. The van der Waals surface area contributed by atoms with Gasteiger partial charge in [-0.1, -0.05) is 23.7 Å². The maximum absolute atomic E-state index is 12.8. The molecule has 0 radical (unpaired) electrons. The van der Waals surface area contributed by atoms with E-state index in [2.05, 4.69) is 5.32 Å². The zero-order valence-corrected chi connectivity index (χ0v) is 16.4. The van der Waals surface area contributed by atoms with Crippen LogP contribution in [0.4, 0.5) is 5.69 Å². The summed E-state index contributed by atoms with van der Waals surface area (Å²) in [6.07, 6.45) is 0. The topological polar surface area (TPSA) is 56.8 Å². The Morgan fingerprint density at radius 2 is 1.69 bits per heavy atom. The maximum Gasteiger partial charge on any atom is 0.267 e. The highest BCUT2D eigenvalue weighted by Gasteiger charge is 2.21. The first-order valence-electron chi connectivity index (χ1n) is 7.79. The van der Waals surface area contributed by atoms with E-state index in [1.807, 2.05) is 25.1 Å². The lowest BCUT2D eigenvalue weighted by atomic mass is 10.2. The number of carbonyl (C=O) groups is 1. The third-order valence-corrected chi connectivity index (χ3v) is 5.69.